The quantitative estimate of drug-likeness (QED) is 0.432. The number of alkyl carbamates (subject to hydrolysis) is 1. The number of carbonyl (C=O) groups is 3. The van der Waals surface area contributed by atoms with Gasteiger partial charge in [-0.25, -0.2) is 4.79 Å². The Morgan fingerprint density at radius 3 is 2.27 bits per heavy atom. The van der Waals surface area contributed by atoms with Crippen molar-refractivity contribution in [1.29, 1.82) is 0 Å². The number of hydrogen-bond acceptors (Lipinski definition) is 4. The van der Waals surface area contributed by atoms with Crippen LogP contribution in [0.5, 0.6) is 0 Å². The van der Waals surface area contributed by atoms with Crippen LogP contribution in [0.1, 0.15) is 63.8 Å². The lowest BCUT2D eigenvalue weighted by atomic mass is 9.96. The van der Waals surface area contributed by atoms with Crippen LogP contribution in [0.4, 0.5) is 10.5 Å². The smallest absolute Gasteiger partial charge is 0.408 e. The summed E-state index contributed by atoms with van der Waals surface area (Å²) in [7, 11) is 1.54. The molecule has 0 bridgehead atoms. The van der Waals surface area contributed by atoms with E-state index < -0.39 is 35.6 Å². The van der Waals surface area contributed by atoms with Gasteiger partial charge >= 0.3 is 6.09 Å². The highest BCUT2D eigenvalue weighted by atomic mass is 35.5. The number of aryl methyl sites for hydroxylation is 1. The average Bonchev–Trinajstić information content (AvgIpc) is 2.83. The molecule has 3 unspecified atom stereocenters. The number of nitrogens with one attached hydrogen (secondary N) is 2. The van der Waals surface area contributed by atoms with Gasteiger partial charge in [-0.15, -0.1) is 6.42 Å². The van der Waals surface area contributed by atoms with Crippen molar-refractivity contribution < 1.29 is 19.1 Å². The zero-order chi connectivity index (χ0) is 27.9. The van der Waals surface area contributed by atoms with E-state index in [2.05, 4.69) is 16.6 Å². The summed E-state index contributed by atoms with van der Waals surface area (Å²) in [6.45, 7) is 10.8. The zero-order valence-electron chi connectivity index (χ0n) is 22.5. The molecule has 0 aliphatic heterocycles. The highest BCUT2D eigenvalue weighted by Gasteiger charge is 2.36. The molecule has 8 heteroatoms. The van der Waals surface area contributed by atoms with Crippen molar-refractivity contribution in [2.75, 3.05) is 12.4 Å². The highest BCUT2D eigenvalue weighted by Crippen LogP contribution is 2.29. The third-order valence-corrected chi connectivity index (χ3v) is 6.31. The van der Waals surface area contributed by atoms with Gasteiger partial charge in [0.1, 0.15) is 17.7 Å². The number of likely N-dealkylation sites (N-methyl/N-ethyl adjacent to an activating group) is 1. The lowest BCUT2D eigenvalue weighted by Gasteiger charge is -2.33. The maximum Gasteiger partial charge on any atom is 0.408 e. The molecule has 0 heterocycles. The number of para-hydroxylation sites is 1. The van der Waals surface area contributed by atoms with Gasteiger partial charge in [0.05, 0.1) is 10.7 Å². The molecule has 0 saturated heterocycles. The minimum absolute atomic E-state index is 0.221. The highest BCUT2D eigenvalue weighted by molar-refractivity contribution is 6.34. The Hall–Kier alpha value is -3.50. The largest absolute Gasteiger partial charge is 0.444 e. The fraction of sp³-hybridized carbons (Fsp3) is 0.414. The van der Waals surface area contributed by atoms with Crippen LogP contribution in [-0.4, -0.2) is 41.5 Å². The Labute approximate surface area is 224 Å². The first-order chi connectivity index (χ1) is 17.3. The van der Waals surface area contributed by atoms with E-state index in [1.807, 2.05) is 26.8 Å². The second kappa shape index (κ2) is 12.6. The average molecular weight is 526 g/mol. The number of halogens is 1. The van der Waals surface area contributed by atoms with Crippen molar-refractivity contribution in [3.05, 3.63) is 64.2 Å². The monoisotopic (exact) mass is 525 g/mol. The topological polar surface area (TPSA) is 87.7 Å². The minimum atomic E-state index is -1.03. The van der Waals surface area contributed by atoms with Crippen molar-refractivity contribution >= 4 is 35.2 Å². The molecular formula is C29H36ClN3O4. The normalized spacial score (nSPS) is 13.5. The van der Waals surface area contributed by atoms with Crippen molar-refractivity contribution in [2.45, 2.75) is 65.6 Å². The molecule has 0 aliphatic carbocycles. The van der Waals surface area contributed by atoms with Gasteiger partial charge in [-0.1, -0.05) is 62.1 Å². The second-order valence-corrected chi connectivity index (χ2v) is 10.5. The fourth-order valence-electron chi connectivity index (χ4n) is 3.76. The predicted octanol–water partition coefficient (Wildman–Crippen LogP) is 5.71. The van der Waals surface area contributed by atoms with Crippen molar-refractivity contribution in [2.24, 2.45) is 5.92 Å². The molecular weight excluding hydrogens is 490 g/mol. The molecule has 2 aromatic rings. The molecule has 0 spiro atoms. The molecule has 3 amide bonds. The number of amides is 3. The van der Waals surface area contributed by atoms with E-state index in [0.29, 0.717) is 28.3 Å². The number of hydrogen-bond donors (Lipinski definition) is 2. The summed E-state index contributed by atoms with van der Waals surface area (Å²) in [6, 6.07) is 10.2. The molecule has 37 heavy (non-hydrogen) atoms. The number of carbonyl (C=O) groups excluding carboxylic acids is 3. The van der Waals surface area contributed by atoms with E-state index in [4.69, 9.17) is 22.8 Å². The van der Waals surface area contributed by atoms with Crippen LogP contribution in [0, 0.1) is 25.2 Å². The van der Waals surface area contributed by atoms with Gasteiger partial charge in [0.2, 0.25) is 5.91 Å². The number of rotatable bonds is 8. The molecule has 0 radical (unpaired) electrons. The molecule has 0 saturated carbocycles. The molecule has 0 aromatic heterocycles. The van der Waals surface area contributed by atoms with Crippen LogP contribution in [0.3, 0.4) is 0 Å². The van der Waals surface area contributed by atoms with Crippen LogP contribution < -0.4 is 10.6 Å². The Bertz CT molecular complexity index is 1140. The molecule has 0 aliphatic rings. The zero-order valence-corrected chi connectivity index (χ0v) is 23.3. The van der Waals surface area contributed by atoms with Crippen LogP contribution >= 0.6 is 11.6 Å². The summed E-state index contributed by atoms with van der Waals surface area (Å²) in [5, 5.41) is 5.97. The van der Waals surface area contributed by atoms with Gasteiger partial charge in [0.15, 0.2) is 0 Å². The Morgan fingerprint density at radius 2 is 1.76 bits per heavy atom. The Kier molecular flexibility index (Phi) is 10.2. The number of nitrogens with zero attached hydrogens (tertiary/aromatic N) is 1. The van der Waals surface area contributed by atoms with Crippen molar-refractivity contribution in [1.82, 2.24) is 10.2 Å². The molecule has 0 fully saturated rings. The van der Waals surface area contributed by atoms with Crippen LogP contribution in [-0.2, 0) is 14.3 Å². The van der Waals surface area contributed by atoms with E-state index in [-0.39, 0.29) is 5.92 Å². The summed E-state index contributed by atoms with van der Waals surface area (Å²) in [4.78, 5) is 41.4. The van der Waals surface area contributed by atoms with E-state index >= 15 is 0 Å². The first-order valence-electron chi connectivity index (χ1n) is 12.2. The van der Waals surface area contributed by atoms with Gasteiger partial charge in [-0.05, 0) is 62.9 Å². The predicted molar refractivity (Wildman–Crippen MR) is 147 cm³/mol. The maximum absolute atomic E-state index is 13.8. The SMILES string of the molecule is C#Cc1ccc(C(C(=O)Nc2c(C)cccc2Cl)N(C)C(=O)C(NC(=O)OC(C)(C)C)C(C)CC)cc1. The Morgan fingerprint density at radius 1 is 1.14 bits per heavy atom. The lowest BCUT2D eigenvalue weighted by molar-refractivity contribution is -0.140. The van der Waals surface area contributed by atoms with Gasteiger partial charge in [-0.3, -0.25) is 9.59 Å². The summed E-state index contributed by atoms with van der Waals surface area (Å²) in [6.07, 6.45) is 5.41. The van der Waals surface area contributed by atoms with E-state index in [0.717, 1.165) is 5.56 Å². The minimum Gasteiger partial charge on any atom is -0.444 e. The second-order valence-electron chi connectivity index (χ2n) is 10.0. The first kappa shape index (κ1) is 29.7. The number of benzene rings is 2. The van der Waals surface area contributed by atoms with Gasteiger partial charge in [-0.2, -0.15) is 0 Å². The van der Waals surface area contributed by atoms with E-state index in [1.165, 1.54) is 11.9 Å². The van der Waals surface area contributed by atoms with Crippen molar-refractivity contribution in [3.63, 3.8) is 0 Å². The van der Waals surface area contributed by atoms with Gasteiger partial charge in [0, 0.05) is 12.6 Å². The lowest BCUT2D eigenvalue weighted by Crippen LogP contribution is -2.53. The number of anilines is 1. The van der Waals surface area contributed by atoms with E-state index in [9.17, 15) is 14.4 Å². The molecule has 2 aromatic carbocycles. The number of ether oxygens (including phenoxy) is 1. The van der Waals surface area contributed by atoms with Gasteiger partial charge < -0.3 is 20.3 Å². The molecule has 2 N–H and O–H groups in total. The maximum atomic E-state index is 13.8. The van der Waals surface area contributed by atoms with Crippen LogP contribution in [0.15, 0.2) is 42.5 Å². The molecule has 198 valence electrons. The van der Waals surface area contributed by atoms with Crippen molar-refractivity contribution in [3.8, 4) is 12.3 Å². The molecule has 2 rings (SSSR count). The molecule has 7 nitrogen and oxygen atoms in total. The third-order valence-electron chi connectivity index (χ3n) is 6.00. The summed E-state index contributed by atoms with van der Waals surface area (Å²) in [5.74, 6) is 1.44. The summed E-state index contributed by atoms with van der Waals surface area (Å²) in [5.41, 5.74) is 1.71. The Balaban J connectivity index is 2.46. The van der Waals surface area contributed by atoms with E-state index in [1.54, 1.807) is 57.2 Å². The third kappa shape index (κ3) is 7.99. The van der Waals surface area contributed by atoms with Crippen LogP contribution in [0.25, 0.3) is 0 Å². The van der Waals surface area contributed by atoms with Crippen LogP contribution in [0.2, 0.25) is 5.02 Å². The fourth-order valence-corrected chi connectivity index (χ4v) is 4.03. The summed E-state index contributed by atoms with van der Waals surface area (Å²) >= 11 is 6.35. The number of terminal acetylenes is 1. The first-order valence-corrected chi connectivity index (χ1v) is 12.6. The molecule has 3 atom stereocenters. The standard InChI is InChI=1S/C29H36ClN3O4/c1-9-18(3)24(32-28(36)37-29(5,6)7)27(35)33(8)25(21-16-14-20(10-2)15-17-21)26(34)31-23-19(4)12-11-13-22(23)30/h2,11-18,24-25H,9H2,1,3-8H3,(H,31,34)(H,32,36). The van der Waals surface area contributed by atoms with Gasteiger partial charge in [0.25, 0.3) is 5.91 Å². The summed E-state index contributed by atoms with van der Waals surface area (Å²) < 4.78 is 5.38.